The molecule has 0 aromatic heterocycles. The van der Waals surface area contributed by atoms with Gasteiger partial charge in [0.2, 0.25) is 35.2 Å². The molecule has 2 aromatic carbocycles. The number of rotatable bonds is 4. The van der Waals surface area contributed by atoms with Crippen molar-refractivity contribution in [2.45, 2.75) is 6.10 Å². The molecule has 0 aliphatic heterocycles. The van der Waals surface area contributed by atoms with E-state index >= 15 is 0 Å². The molecule has 0 bridgehead atoms. The van der Waals surface area contributed by atoms with E-state index in [9.17, 15) is 26.7 Å². The lowest BCUT2D eigenvalue weighted by Crippen LogP contribution is -2.20. The zero-order valence-corrected chi connectivity index (χ0v) is 10.6. The molecule has 2 aromatic rings. The fourth-order valence-electron chi connectivity index (χ4n) is 1.69. The smallest absolute Gasteiger partial charge is 0.349 e. The van der Waals surface area contributed by atoms with E-state index in [4.69, 9.17) is 5.11 Å². The summed E-state index contributed by atoms with van der Waals surface area (Å²) >= 11 is 0. The molecule has 0 saturated carbocycles. The molecule has 0 aliphatic carbocycles. The van der Waals surface area contributed by atoms with E-state index in [1.54, 1.807) is 6.07 Å². The summed E-state index contributed by atoms with van der Waals surface area (Å²) < 4.78 is 70.6. The van der Waals surface area contributed by atoms with E-state index in [2.05, 4.69) is 4.74 Å². The van der Waals surface area contributed by atoms with Crippen molar-refractivity contribution in [2.75, 3.05) is 0 Å². The first-order valence-corrected chi connectivity index (χ1v) is 5.80. The van der Waals surface area contributed by atoms with Crippen molar-refractivity contribution in [3.8, 4) is 5.75 Å². The number of carboxylic acids is 1. The molecular weight excluding hydrogens is 311 g/mol. The maximum atomic E-state index is 13.5. The average Bonchev–Trinajstić information content (AvgIpc) is 2.51. The van der Waals surface area contributed by atoms with E-state index in [1.807, 2.05) is 0 Å². The van der Waals surface area contributed by atoms with Gasteiger partial charge in [-0.15, -0.1) is 0 Å². The Morgan fingerprint density at radius 1 is 0.864 bits per heavy atom. The van der Waals surface area contributed by atoms with Crippen LogP contribution in [0.25, 0.3) is 0 Å². The van der Waals surface area contributed by atoms with Gasteiger partial charge in [-0.05, 0) is 0 Å². The van der Waals surface area contributed by atoms with Crippen LogP contribution in [-0.2, 0) is 4.79 Å². The Kier molecular flexibility index (Phi) is 4.30. The molecule has 0 amide bonds. The Labute approximate surface area is 120 Å². The van der Waals surface area contributed by atoms with E-state index in [0.29, 0.717) is 0 Å². The number of halogens is 5. The predicted octanol–water partition coefficient (Wildman–Crippen LogP) is 3.59. The maximum absolute atomic E-state index is 13.5. The van der Waals surface area contributed by atoms with Crippen molar-refractivity contribution >= 4 is 5.97 Å². The first-order valence-electron chi connectivity index (χ1n) is 5.80. The first kappa shape index (κ1) is 15.7. The van der Waals surface area contributed by atoms with Crippen molar-refractivity contribution in [2.24, 2.45) is 0 Å². The zero-order valence-electron chi connectivity index (χ0n) is 10.6. The highest BCUT2D eigenvalue weighted by atomic mass is 19.2. The quantitative estimate of drug-likeness (QED) is 0.532. The van der Waals surface area contributed by atoms with Crippen LogP contribution in [0.4, 0.5) is 22.0 Å². The van der Waals surface area contributed by atoms with Crippen LogP contribution in [0.1, 0.15) is 11.7 Å². The summed E-state index contributed by atoms with van der Waals surface area (Å²) in [6, 6.07) is 6.93. The normalized spacial score (nSPS) is 12.0. The van der Waals surface area contributed by atoms with E-state index in [0.717, 1.165) is 0 Å². The summed E-state index contributed by atoms with van der Waals surface area (Å²) in [6.07, 6.45) is -1.94. The maximum Gasteiger partial charge on any atom is 0.349 e. The van der Waals surface area contributed by atoms with Gasteiger partial charge in [0.05, 0.1) is 0 Å². The van der Waals surface area contributed by atoms with Gasteiger partial charge in [-0.3, -0.25) is 0 Å². The summed E-state index contributed by atoms with van der Waals surface area (Å²) in [6.45, 7) is 0. The third-order valence-electron chi connectivity index (χ3n) is 2.73. The number of hydrogen-bond donors (Lipinski definition) is 1. The molecule has 3 nitrogen and oxygen atoms in total. The van der Waals surface area contributed by atoms with Gasteiger partial charge in [-0.1, -0.05) is 30.3 Å². The molecule has 0 radical (unpaired) electrons. The third kappa shape index (κ3) is 2.72. The van der Waals surface area contributed by atoms with Crippen LogP contribution in [-0.4, -0.2) is 11.1 Å². The molecule has 0 fully saturated rings. The first-order chi connectivity index (χ1) is 10.3. The molecule has 0 unspecified atom stereocenters. The zero-order chi connectivity index (χ0) is 16.4. The fraction of sp³-hybridized carbons (Fsp3) is 0.0714. The van der Waals surface area contributed by atoms with Crippen LogP contribution >= 0.6 is 0 Å². The number of carbonyl (C=O) groups is 1. The molecule has 22 heavy (non-hydrogen) atoms. The van der Waals surface area contributed by atoms with Crippen molar-refractivity contribution in [1.82, 2.24) is 0 Å². The molecule has 0 heterocycles. The van der Waals surface area contributed by atoms with Crippen LogP contribution in [0.2, 0.25) is 0 Å². The lowest BCUT2D eigenvalue weighted by atomic mass is 10.1. The molecular formula is C14H7F5O3. The van der Waals surface area contributed by atoms with Crippen LogP contribution in [0.15, 0.2) is 30.3 Å². The molecule has 116 valence electrons. The molecule has 8 heteroatoms. The Bertz CT molecular complexity index is 689. The number of hydrogen-bond acceptors (Lipinski definition) is 2. The molecule has 0 spiro atoms. The Morgan fingerprint density at radius 3 is 1.77 bits per heavy atom. The minimum atomic E-state index is -2.35. The van der Waals surface area contributed by atoms with Crippen LogP contribution in [0, 0.1) is 29.1 Å². The minimum absolute atomic E-state index is 0.0288. The van der Waals surface area contributed by atoms with Crippen molar-refractivity contribution < 1.29 is 36.6 Å². The average molecular weight is 318 g/mol. The number of ether oxygens (including phenoxy) is 1. The predicted molar refractivity (Wildman–Crippen MR) is 63.7 cm³/mol. The third-order valence-corrected chi connectivity index (χ3v) is 2.73. The van der Waals surface area contributed by atoms with Crippen molar-refractivity contribution in [3.05, 3.63) is 65.0 Å². The van der Waals surface area contributed by atoms with E-state index < -0.39 is 46.9 Å². The summed E-state index contributed by atoms with van der Waals surface area (Å²) in [5, 5.41) is 9.03. The van der Waals surface area contributed by atoms with Crippen LogP contribution in [0.5, 0.6) is 5.75 Å². The van der Waals surface area contributed by atoms with Crippen LogP contribution in [0.3, 0.4) is 0 Å². The SMILES string of the molecule is O=C(O)[C@H](Oc1c(F)c(F)c(F)c(F)c1F)c1ccccc1. The van der Waals surface area contributed by atoms with Gasteiger partial charge in [-0.2, -0.15) is 8.78 Å². The summed E-state index contributed by atoms with van der Waals surface area (Å²) in [4.78, 5) is 11.1. The minimum Gasteiger partial charge on any atom is -0.478 e. The second kappa shape index (κ2) is 6.00. The Balaban J connectivity index is 2.51. The van der Waals surface area contributed by atoms with Gasteiger partial charge in [-0.25, -0.2) is 18.0 Å². The molecule has 2 rings (SSSR count). The lowest BCUT2D eigenvalue weighted by molar-refractivity contribution is -0.145. The van der Waals surface area contributed by atoms with E-state index in [1.165, 1.54) is 24.3 Å². The largest absolute Gasteiger partial charge is 0.478 e. The number of aliphatic carboxylic acids is 1. The molecule has 1 N–H and O–H groups in total. The Hall–Kier alpha value is -2.64. The summed E-state index contributed by atoms with van der Waals surface area (Å²) in [7, 11) is 0. The molecule has 0 aliphatic rings. The summed E-state index contributed by atoms with van der Waals surface area (Å²) in [5.74, 6) is -14.6. The van der Waals surface area contributed by atoms with E-state index in [-0.39, 0.29) is 5.56 Å². The highest BCUT2D eigenvalue weighted by Gasteiger charge is 2.31. The Morgan fingerprint density at radius 2 is 1.32 bits per heavy atom. The standard InChI is InChI=1S/C14H7F5O3/c15-7-8(16)10(18)13(11(19)9(7)17)22-12(14(20)21)6-4-2-1-3-5-6/h1-5,12H,(H,20,21)/t12-/m1/s1. The van der Waals surface area contributed by atoms with Crippen molar-refractivity contribution in [3.63, 3.8) is 0 Å². The van der Waals surface area contributed by atoms with Crippen LogP contribution < -0.4 is 4.74 Å². The molecule has 1 atom stereocenters. The topological polar surface area (TPSA) is 46.5 Å². The van der Waals surface area contributed by atoms with Gasteiger partial charge in [0, 0.05) is 5.56 Å². The van der Waals surface area contributed by atoms with Gasteiger partial charge >= 0.3 is 5.97 Å². The second-order valence-electron chi connectivity index (χ2n) is 4.15. The van der Waals surface area contributed by atoms with Crippen molar-refractivity contribution in [1.29, 1.82) is 0 Å². The van der Waals surface area contributed by atoms with Gasteiger partial charge in [0.1, 0.15) is 0 Å². The van der Waals surface area contributed by atoms with Gasteiger partial charge in [0.15, 0.2) is 5.75 Å². The fourth-order valence-corrected chi connectivity index (χ4v) is 1.69. The highest BCUT2D eigenvalue weighted by Crippen LogP contribution is 2.32. The lowest BCUT2D eigenvalue weighted by Gasteiger charge is -2.17. The molecule has 0 saturated heterocycles. The monoisotopic (exact) mass is 318 g/mol. The summed E-state index contributed by atoms with van der Waals surface area (Å²) in [5.41, 5.74) is -0.0288. The second-order valence-corrected chi connectivity index (χ2v) is 4.15. The number of benzene rings is 2. The highest BCUT2D eigenvalue weighted by molar-refractivity contribution is 5.74. The number of carboxylic acid groups (broad SMARTS) is 1. The van der Waals surface area contributed by atoms with Gasteiger partial charge in [0.25, 0.3) is 0 Å². The van der Waals surface area contributed by atoms with Gasteiger partial charge < -0.3 is 9.84 Å².